The van der Waals surface area contributed by atoms with Crippen molar-refractivity contribution in [2.75, 3.05) is 24.2 Å². The standard InChI is InChI=1S/C23H28N2O6S/c1-15(26)16-7-6-8-17(11-16)25(32(5,28)29)14-22(27)24-20-13-23(2,3)31-21-12-18(30-4)9-10-19(20)21/h6-12,20H,13-14H2,1-5H3,(H,24,27). The van der Waals surface area contributed by atoms with E-state index in [1.807, 2.05) is 19.9 Å². The van der Waals surface area contributed by atoms with E-state index >= 15 is 0 Å². The van der Waals surface area contributed by atoms with Crippen molar-refractivity contribution in [2.24, 2.45) is 0 Å². The van der Waals surface area contributed by atoms with Gasteiger partial charge in [0.1, 0.15) is 23.6 Å². The van der Waals surface area contributed by atoms with E-state index in [0.29, 0.717) is 23.5 Å². The van der Waals surface area contributed by atoms with Gasteiger partial charge in [0, 0.05) is 23.6 Å². The van der Waals surface area contributed by atoms with Gasteiger partial charge in [-0.2, -0.15) is 0 Å². The average Bonchev–Trinajstić information content (AvgIpc) is 2.69. The predicted molar refractivity (Wildman–Crippen MR) is 122 cm³/mol. The number of hydrogen-bond donors (Lipinski definition) is 1. The van der Waals surface area contributed by atoms with E-state index < -0.39 is 28.1 Å². The molecule has 1 aliphatic heterocycles. The van der Waals surface area contributed by atoms with Gasteiger partial charge in [0.25, 0.3) is 0 Å². The molecule has 0 saturated carbocycles. The quantitative estimate of drug-likeness (QED) is 0.637. The highest BCUT2D eigenvalue weighted by Crippen LogP contribution is 2.41. The molecule has 2 aromatic rings. The van der Waals surface area contributed by atoms with Gasteiger partial charge in [0.2, 0.25) is 15.9 Å². The van der Waals surface area contributed by atoms with E-state index in [9.17, 15) is 18.0 Å². The van der Waals surface area contributed by atoms with Crippen LogP contribution in [-0.2, 0) is 14.8 Å². The second-order valence-corrected chi connectivity index (χ2v) is 10.4. The third-order valence-electron chi connectivity index (χ3n) is 5.24. The fraction of sp³-hybridized carbons (Fsp3) is 0.391. The summed E-state index contributed by atoms with van der Waals surface area (Å²) in [6.45, 7) is 4.83. The highest BCUT2D eigenvalue weighted by atomic mass is 32.2. The molecule has 0 aromatic heterocycles. The van der Waals surface area contributed by atoms with Crippen molar-refractivity contribution in [3.63, 3.8) is 0 Å². The van der Waals surface area contributed by atoms with Crippen molar-refractivity contribution >= 4 is 27.4 Å². The highest BCUT2D eigenvalue weighted by molar-refractivity contribution is 7.92. The van der Waals surface area contributed by atoms with Gasteiger partial charge in [-0.3, -0.25) is 13.9 Å². The first-order valence-corrected chi connectivity index (χ1v) is 12.0. The lowest BCUT2D eigenvalue weighted by molar-refractivity contribution is -0.120. The van der Waals surface area contributed by atoms with Gasteiger partial charge in [0.05, 0.1) is 25.1 Å². The van der Waals surface area contributed by atoms with Crippen molar-refractivity contribution in [3.8, 4) is 11.5 Å². The van der Waals surface area contributed by atoms with Crippen LogP contribution >= 0.6 is 0 Å². The number of sulfonamides is 1. The molecule has 8 nitrogen and oxygen atoms in total. The van der Waals surface area contributed by atoms with Crippen molar-refractivity contribution < 1.29 is 27.5 Å². The molecule has 1 amide bonds. The first-order valence-electron chi connectivity index (χ1n) is 10.1. The SMILES string of the molecule is COc1ccc2c(c1)OC(C)(C)CC2NC(=O)CN(c1cccc(C(C)=O)c1)S(C)(=O)=O. The molecule has 1 heterocycles. The average molecular weight is 461 g/mol. The van der Waals surface area contributed by atoms with E-state index in [2.05, 4.69) is 5.32 Å². The third kappa shape index (κ3) is 5.40. The number of rotatable bonds is 7. The minimum atomic E-state index is -3.77. The summed E-state index contributed by atoms with van der Waals surface area (Å²) in [4.78, 5) is 24.7. The maximum atomic E-state index is 13.0. The summed E-state index contributed by atoms with van der Waals surface area (Å²) in [5.41, 5.74) is 0.880. The molecular weight excluding hydrogens is 432 g/mol. The van der Waals surface area contributed by atoms with E-state index in [1.165, 1.54) is 13.0 Å². The van der Waals surface area contributed by atoms with Crippen LogP contribution in [0.1, 0.15) is 49.2 Å². The number of methoxy groups -OCH3 is 1. The van der Waals surface area contributed by atoms with Gasteiger partial charge >= 0.3 is 0 Å². The number of amides is 1. The zero-order valence-corrected chi connectivity index (χ0v) is 19.7. The van der Waals surface area contributed by atoms with Crippen molar-refractivity contribution in [2.45, 2.75) is 38.8 Å². The Morgan fingerprint density at radius 3 is 2.56 bits per heavy atom. The summed E-state index contributed by atoms with van der Waals surface area (Å²) in [6.07, 6.45) is 1.54. The normalized spacial score (nSPS) is 17.0. The Morgan fingerprint density at radius 1 is 1.22 bits per heavy atom. The number of fused-ring (bicyclic) bond motifs is 1. The molecule has 32 heavy (non-hydrogen) atoms. The molecule has 0 fully saturated rings. The van der Waals surface area contributed by atoms with Gasteiger partial charge in [-0.05, 0) is 45.0 Å². The number of anilines is 1. The third-order valence-corrected chi connectivity index (χ3v) is 6.38. The molecule has 0 spiro atoms. The Balaban J connectivity index is 1.86. The molecule has 0 saturated heterocycles. The molecule has 1 unspecified atom stereocenters. The fourth-order valence-corrected chi connectivity index (χ4v) is 4.59. The van der Waals surface area contributed by atoms with Crippen LogP contribution in [0.15, 0.2) is 42.5 Å². The van der Waals surface area contributed by atoms with Crippen molar-refractivity contribution in [1.82, 2.24) is 5.32 Å². The Hall–Kier alpha value is -3.07. The Labute approximate surface area is 188 Å². The van der Waals surface area contributed by atoms with Crippen LogP contribution in [0.3, 0.4) is 0 Å². The van der Waals surface area contributed by atoms with Crippen LogP contribution in [-0.4, -0.2) is 45.6 Å². The number of Topliss-reactive ketones (excluding diaryl/α,β-unsaturated/α-hetero) is 1. The van der Waals surface area contributed by atoms with E-state index in [0.717, 1.165) is 16.1 Å². The number of ether oxygens (including phenoxy) is 2. The number of nitrogens with one attached hydrogen (secondary N) is 1. The van der Waals surface area contributed by atoms with Crippen LogP contribution < -0.4 is 19.1 Å². The van der Waals surface area contributed by atoms with Crippen LogP contribution in [0.4, 0.5) is 5.69 Å². The summed E-state index contributed by atoms with van der Waals surface area (Å²) in [6, 6.07) is 11.2. The molecule has 0 radical (unpaired) electrons. The van der Waals surface area contributed by atoms with E-state index in [4.69, 9.17) is 9.47 Å². The van der Waals surface area contributed by atoms with Gasteiger partial charge in [-0.25, -0.2) is 8.42 Å². The number of benzene rings is 2. The largest absolute Gasteiger partial charge is 0.497 e. The number of nitrogens with zero attached hydrogens (tertiary/aromatic N) is 1. The summed E-state index contributed by atoms with van der Waals surface area (Å²) < 4.78 is 37.2. The first-order chi connectivity index (χ1) is 14.9. The Bertz CT molecular complexity index is 1140. The van der Waals surface area contributed by atoms with Crippen molar-refractivity contribution in [3.05, 3.63) is 53.6 Å². The zero-order valence-electron chi connectivity index (χ0n) is 18.8. The van der Waals surface area contributed by atoms with Gasteiger partial charge in [0.15, 0.2) is 5.78 Å². The molecule has 172 valence electrons. The summed E-state index contributed by atoms with van der Waals surface area (Å²) >= 11 is 0. The lowest BCUT2D eigenvalue weighted by atomic mass is 9.89. The number of ketones is 1. The second-order valence-electron chi connectivity index (χ2n) is 8.47. The number of carbonyl (C=O) groups excluding carboxylic acids is 2. The van der Waals surface area contributed by atoms with Gasteiger partial charge in [-0.1, -0.05) is 12.1 Å². The molecule has 1 atom stereocenters. The zero-order chi connectivity index (χ0) is 23.7. The lowest BCUT2D eigenvalue weighted by Gasteiger charge is -2.38. The molecule has 0 aliphatic carbocycles. The monoisotopic (exact) mass is 460 g/mol. The molecule has 0 bridgehead atoms. The molecule has 2 aromatic carbocycles. The summed E-state index contributed by atoms with van der Waals surface area (Å²) in [5, 5.41) is 2.95. The van der Waals surface area contributed by atoms with Gasteiger partial charge < -0.3 is 14.8 Å². The van der Waals surface area contributed by atoms with Crippen LogP contribution in [0.2, 0.25) is 0 Å². The van der Waals surface area contributed by atoms with Crippen LogP contribution in [0, 0.1) is 0 Å². The van der Waals surface area contributed by atoms with E-state index in [-0.39, 0.29) is 17.5 Å². The van der Waals surface area contributed by atoms with E-state index in [1.54, 1.807) is 37.4 Å². The Morgan fingerprint density at radius 2 is 1.94 bits per heavy atom. The van der Waals surface area contributed by atoms with Crippen LogP contribution in [0.5, 0.6) is 11.5 Å². The maximum Gasteiger partial charge on any atom is 0.241 e. The topological polar surface area (TPSA) is 102 Å². The van der Waals surface area contributed by atoms with Crippen LogP contribution in [0.25, 0.3) is 0 Å². The molecule has 1 N–H and O–H groups in total. The molecule has 1 aliphatic rings. The van der Waals surface area contributed by atoms with Gasteiger partial charge in [-0.15, -0.1) is 0 Å². The van der Waals surface area contributed by atoms with Crippen molar-refractivity contribution in [1.29, 1.82) is 0 Å². The minimum absolute atomic E-state index is 0.193. The Kier molecular flexibility index (Phi) is 6.50. The second kappa shape index (κ2) is 8.82. The fourth-order valence-electron chi connectivity index (χ4n) is 3.74. The predicted octanol–water partition coefficient (Wildman–Crippen LogP) is 3.08. The minimum Gasteiger partial charge on any atom is -0.497 e. The molecule has 9 heteroatoms. The number of carbonyl (C=O) groups is 2. The highest BCUT2D eigenvalue weighted by Gasteiger charge is 2.35. The maximum absolute atomic E-state index is 13.0. The summed E-state index contributed by atoms with van der Waals surface area (Å²) in [7, 11) is -2.20. The molecule has 3 rings (SSSR count). The first kappa shape index (κ1) is 23.6. The summed E-state index contributed by atoms with van der Waals surface area (Å²) in [5.74, 6) is 0.592. The number of hydrogen-bond acceptors (Lipinski definition) is 6. The lowest BCUT2D eigenvalue weighted by Crippen LogP contribution is -2.45. The smallest absolute Gasteiger partial charge is 0.241 e. The molecular formula is C23H28N2O6S.